The summed E-state index contributed by atoms with van der Waals surface area (Å²) in [5, 5.41) is 9.20. The monoisotopic (exact) mass is 288 g/mol. The quantitative estimate of drug-likeness (QED) is 0.898. The number of halogens is 3. The molecule has 1 aliphatic heterocycles. The standard InChI is InChI=1S/C14H19F3N2O/c15-14(16,17)13-6-12(4-3-11(13)7-18)19-5-1-2-10(8-19)9-20/h3-4,6,10,20H,1-2,5,7-9,18H2. The predicted molar refractivity (Wildman–Crippen MR) is 71.4 cm³/mol. The molecule has 1 heterocycles. The van der Waals surface area contributed by atoms with Crippen LogP contribution in [0.15, 0.2) is 18.2 Å². The molecule has 1 unspecified atom stereocenters. The molecule has 1 saturated heterocycles. The molecule has 3 nitrogen and oxygen atoms in total. The number of hydrogen-bond acceptors (Lipinski definition) is 3. The van der Waals surface area contributed by atoms with Gasteiger partial charge in [0.2, 0.25) is 0 Å². The van der Waals surface area contributed by atoms with Crippen LogP contribution in [0.4, 0.5) is 18.9 Å². The van der Waals surface area contributed by atoms with Gasteiger partial charge in [0.05, 0.1) is 5.56 Å². The molecule has 0 spiro atoms. The Morgan fingerprint density at radius 3 is 2.70 bits per heavy atom. The minimum atomic E-state index is -4.39. The van der Waals surface area contributed by atoms with E-state index < -0.39 is 11.7 Å². The molecule has 0 aliphatic carbocycles. The van der Waals surface area contributed by atoms with Crippen molar-refractivity contribution in [3.05, 3.63) is 29.3 Å². The van der Waals surface area contributed by atoms with Crippen LogP contribution in [-0.4, -0.2) is 24.8 Å². The molecule has 0 aromatic heterocycles. The molecule has 3 N–H and O–H groups in total. The number of aliphatic hydroxyl groups excluding tert-OH is 1. The normalized spacial score (nSPS) is 20.2. The molecule has 1 fully saturated rings. The van der Waals surface area contributed by atoms with E-state index in [0.717, 1.165) is 19.4 Å². The number of aliphatic hydroxyl groups is 1. The fourth-order valence-corrected chi connectivity index (χ4v) is 2.65. The van der Waals surface area contributed by atoms with Crippen LogP contribution in [0.2, 0.25) is 0 Å². The summed E-state index contributed by atoms with van der Waals surface area (Å²) in [7, 11) is 0. The van der Waals surface area contributed by atoms with Crippen LogP contribution in [0.5, 0.6) is 0 Å². The van der Waals surface area contributed by atoms with Crippen LogP contribution in [0, 0.1) is 5.92 Å². The van der Waals surface area contributed by atoms with Crippen LogP contribution in [-0.2, 0) is 12.7 Å². The van der Waals surface area contributed by atoms with E-state index in [-0.39, 0.29) is 24.6 Å². The van der Waals surface area contributed by atoms with Gasteiger partial charge < -0.3 is 15.7 Å². The van der Waals surface area contributed by atoms with E-state index in [1.54, 1.807) is 6.07 Å². The summed E-state index contributed by atoms with van der Waals surface area (Å²) >= 11 is 0. The van der Waals surface area contributed by atoms with E-state index in [0.29, 0.717) is 12.2 Å². The lowest BCUT2D eigenvalue weighted by Crippen LogP contribution is -2.37. The first kappa shape index (κ1) is 15.1. The average molecular weight is 288 g/mol. The minimum Gasteiger partial charge on any atom is -0.396 e. The molecule has 0 radical (unpaired) electrons. The molecule has 1 aromatic rings. The Bertz CT molecular complexity index is 462. The molecular weight excluding hydrogens is 269 g/mol. The van der Waals surface area contributed by atoms with Crippen molar-refractivity contribution in [1.29, 1.82) is 0 Å². The van der Waals surface area contributed by atoms with Gasteiger partial charge in [-0.25, -0.2) is 0 Å². The Morgan fingerprint density at radius 1 is 1.35 bits per heavy atom. The van der Waals surface area contributed by atoms with Gasteiger partial charge in [0.25, 0.3) is 0 Å². The van der Waals surface area contributed by atoms with Gasteiger partial charge in [-0.2, -0.15) is 13.2 Å². The second-order valence-corrected chi connectivity index (χ2v) is 5.18. The highest BCUT2D eigenvalue weighted by Gasteiger charge is 2.34. The number of nitrogens with zero attached hydrogens (tertiary/aromatic N) is 1. The summed E-state index contributed by atoms with van der Waals surface area (Å²) in [6, 6.07) is 4.29. The number of alkyl halides is 3. The molecule has 1 atom stereocenters. The third kappa shape index (κ3) is 3.24. The van der Waals surface area contributed by atoms with E-state index in [2.05, 4.69) is 0 Å². The van der Waals surface area contributed by atoms with Crippen molar-refractivity contribution in [2.75, 3.05) is 24.6 Å². The van der Waals surface area contributed by atoms with E-state index in [1.807, 2.05) is 4.90 Å². The largest absolute Gasteiger partial charge is 0.416 e. The Labute approximate surface area is 116 Å². The second kappa shape index (κ2) is 6.01. The summed E-state index contributed by atoms with van der Waals surface area (Å²) in [6.45, 7) is 1.25. The zero-order valence-corrected chi connectivity index (χ0v) is 11.2. The average Bonchev–Trinajstić information content (AvgIpc) is 2.45. The fraction of sp³-hybridized carbons (Fsp3) is 0.571. The molecule has 1 aliphatic rings. The molecular formula is C14H19F3N2O. The Kier molecular flexibility index (Phi) is 4.55. The zero-order valence-electron chi connectivity index (χ0n) is 11.2. The van der Waals surface area contributed by atoms with Crippen LogP contribution < -0.4 is 10.6 Å². The maximum absolute atomic E-state index is 13.0. The van der Waals surface area contributed by atoms with Gasteiger partial charge in [-0.05, 0) is 36.5 Å². The van der Waals surface area contributed by atoms with Crippen molar-refractivity contribution in [2.24, 2.45) is 11.7 Å². The summed E-state index contributed by atoms with van der Waals surface area (Å²) < 4.78 is 39.0. The Balaban J connectivity index is 2.29. The van der Waals surface area contributed by atoms with Gasteiger partial charge in [-0.3, -0.25) is 0 Å². The SMILES string of the molecule is NCc1ccc(N2CCCC(CO)C2)cc1C(F)(F)F. The van der Waals surface area contributed by atoms with Gasteiger partial charge in [0.1, 0.15) is 0 Å². The van der Waals surface area contributed by atoms with Crippen molar-refractivity contribution in [2.45, 2.75) is 25.6 Å². The highest BCUT2D eigenvalue weighted by atomic mass is 19.4. The van der Waals surface area contributed by atoms with Gasteiger partial charge in [-0.1, -0.05) is 6.07 Å². The van der Waals surface area contributed by atoms with Crippen LogP contribution >= 0.6 is 0 Å². The van der Waals surface area contributed by atoms with Crippen molar-refractivity contribution >= 4 is 5.69 Å². The van der Waals surface area contributed by atoms with Gasteiger partial charge in [-0.15, -0.1) is 0 Å². The van der Waals surface area contributed by atoms with E-state index in [9.17, 15) is 18.3 Å². The molecule has 0 amide bonds. The number of hydrogen-bond donors (Lipinski definition) is 2. The predicted octanol–water partition coefficient (Wildman–Crippen LogP) is 2.37. The minimum absolute atomic E-state index is 0.0729. The molecule has 0 saturated carbocycles. The number of anilines is 1. The maximum Gasteiger partial charge on any atom is 0.416 e. The molecule has 6 heteroatoms. The second-order valence-electron chi connectivity index (χ2n) is 5.18. The highest BCUT2D eigenvalue weighted by molar-refractivity contribution is 5.52. The third-order valence-electron chi connectivity index (χ3n) is 3.76. The summed E-state index contributed by atoms with van der Waals surface area (Å²) in [6.07, 6.45) is -2.60. The lowest BCUT2D eigenvalue weighted by molar-refractivity contribution is -0.138. The zero-order chi connectivity index (χ0) is 14.8. The number of benzene rings is 1. The summed E-state index contributed by atoms with van der Waals surface area (Å²) in [4.78, 5) is 1.90. The first-order chi connectivity index (χ1) is 9.45. The molecule has 0 bridgehead atoms. The lowest BCUT2D eigenvalue weighted by Gasteiger charge is -2.34. The third-order valence-corrected chi connectivity index (χ3v) is 3.76. The molecule has 2 rings (SSSR count). The topological polar surface area (TPSA) is 49.5 Å². The number of piperidine rings is 1. The van der Waals surface area contributed by atoms with Crippen molar-refractivity contribution in [1.82, 2.24) is 0 Å². The molecule has 112 valence electrons. The van der Waals surface area contributed by atoms with Gasteiger partial charge in [0, 0.05) is 31.9 Å². The Morgan fingerprint density at radius 2 is 2.10 bits per heavy atom. The Hall–Kier alpha value is -1.27. The van der Waals surface area contributed by atoms with Crippen LogP contribution in [0.25, 0.3) is 0 Å². The number of rotatable bonds is 3. The van der Waals surface area contributed by atoms with Gasteiger partial charge in [0.15, 0.2) is 0 Å². The van der Waals surface area contributed by atoms with E-state index >= 15 is 0 Å². The van der Waals surface area contributed by atoms with Crippen molar-refractivity contribution in [3.63, 3.8) is 0 Å². The molecule has 20 heavy (non-hydrogen) atoms. The first-order valence-electron chi connectivity index (χ1n) is 6.71. The van der Waals surface area contributed by atoms with Crippen molar-refractivity contribution in [3.8, 4) is 0 Å². The van der Waals surface area contributed by atoms with Crippen molar-refractivity contribution < 1.29 is 18.3 Å². The smallest absolute Gasteiger partial charge is 0.396 e. The van der Waals surface area contributed by atoms with E-state index in [1.165, 1.54) is 12.1 Å². The highest BCUT2D eigenvalue weighted by Crippen LogP contribution is 2.35. The van der Waals surface area contributed by atoms with Crippen LogP contribution in [0.1, 0.15) is 24.0 Å². The summed E-state index contributed by atoms with van der Waals surface area (Å²) in [5.41, 5.74) is 5.37. The lowest BCUT2D eigenvalue weighted by atomic mass is 9.97. The first-order valence-corrected chi connectivity index (χ1v) is 6.71. The maximum atomic E-state index is 13.0. The van der Waals surface area contributed by atoms with Gasteiger partial charge >= 0.3 is 6.18 Å². The van der Waals surface area contributed by atoms with Crippen LogP contribution in [0.3, 0.4) is 0 Å². The summed E-state index contributed by atoms with van der Waals surface area (Å²) in [5.74, 6) is 0.132. The molecule has 1 aromatic carbocycles. The fourth-order valence-electron chi connectivity index (χ4n) is 2.65. The van der Waals surface area contributed by atoms with E-state index in [4.69, 9.17) is 5.73 Å². The number of nitrogens with two attached hydrogens (primary N) is 1.